The number of carbonyl (C=O) groups excluding carboxylic acids is 3. The van der Waals surface area contributed by atoms with Crippen LogP contribution in [0.15, 0.2) is 69.9 Å². The quantitative estimate of drug-likeness (QED) is 0.327. The molecule has 3 heterocycles. The Morgan fingerprint density at radius 1 is 1.03 bits per heavy atom. The summed E-state index contributed by atoms with van der Waals surface area (Å²) in [4.78, 5) is 43.3. The largest absolute Gasteiger partial charge is 0.452 e. The second kappa shape index (κ2) is 8.20. The van der Waals surface area contributed by atoms with Crippen molar-refractivity contribution in [3.05, 3.63) is 93.5 Å². The van der Waals surface area contributed by atoms with Gasteiger partial charge in [-0.15, -0.1) is 0 Å². The van der Waals surface area contributed by atoms with Gasteiger partial charge in [0.05, 0.1) is 23.2 Å². The zero-order valence-electron chi connectivity index (χ0n) is 16.6. The van der Waals surface area contributed by atoms with Crippen LogP contribution < -0.4 is 0 Å². The fourth-order valence-electron chi connectivity index (χ4n) is 3.36. The number of rotatable bonds is 6. The summed E-state index contributed by atoms with van der Waals surface area (Å²) in [6.07, 6.45) is 0. The van der Waals surface area contributed by atoms with Crippen LogP contribution >= 0.6 is 11.3 Å². The maximum Gasteiger partial charge on any atom is 0.338 e. The Balaban J connectivity index is 1.28. The molecule has 0 saturated heterocycles. The van der Waals surface area contributed by atoms with Crippen LogP contribution in [0.1, 0.15) is 42.5 Å². The summed E-state index contributed by atoms with van der Waals surface area (Å²) in [7, 11) is 0. The molecule has 8 nitrogen and oxygen atoms in total. The van der Waals surface area contributed by atoms with Crippen molar-refractivity contribution in [2.24, 2.45) is 0 Å². The lowest BCUT2D eigenvalue weighted by molar-refractivity contribution is 0.0429. The van der Waals surface area contributed by atoms with E-state index >= 15 is 0 Å². The molecule has 1 aliphatic rings. The number of hydrogen-bond donors (Lipinski definition) is 0. The Hall–Kier alpha value is -4.11. The van der Waals surface area contributed by atoms with Gasteiger partial charge in [-0.05, 0) is 35.2 Å². The second-order valence-corrected chi connectivity index (χ2v) is 7.82. The fraction of sp³-hybridized carbons (Fsp3) is 0.0870. The Labute approximate surface area is 186 Å². The van der Waals surface area contributed by atoms with Gasteiger partial charge in [-0.3, -0.25) is 14.5 Å². The molecule has 0 aliphatic carbocycles. The predicted molar refractivity (Wildman–Crippen MR) is 114 cm³/mol. The number of imide groups is 1. The molecule has 2 amide bonds. The molecule has 1 aliphatic heterocycles. The highest BCUT2D eigenvalue weighted by Crippen LogP contribution is 2.26. The number of esters is 1. The van der Waals surface area contributed by atoms with E-state index in [0.29, 0.717) is 5.82 Å². The van der Waals surface area contributed by atoms with E-state index in [1.807, 2.05) is 47.2 Å². The standard InChI is InChI=1S/C23H15N3O5S/c27-21-17-7-6-15(10-18(17)22(28)26(21)11-14-4-2-1-3-5-14)23(29)30-12-19-24-20(25-31-19)16-8-9-32-13-16/h1-10,13H,11-12H2. The molecule has 2 aromatic heterocycles. The molecule has 9 heteroatoms. The van der Waals surface area contributed by atoms with Crippen molar-refractivity contribution in [2.75, 3.05) is 0 Å². The number of aromatic nitrogens is 2. The van der Waals surface area contributed by atoms with E-state index in [1.54, 1.807) is 0 Å². The number of amides is 2. The molecule has 0 saturated carbocycles. The topological polar surface area (TPSA) is 103 Å². The van der Waals surface area contributed by atoms with E-state index in [-0.39, 0.29) is 41.6 Å². The summed E-state index contributed by atoms with van der Waals surface area (Å²) in [6, 6.07) is 15.4. The number of thiophene rings is 1. The van der Waals surface area contributed by atoms with E-state index in [1.165, 1.54) is 34.4 Å². The summed E-state index contributed by atoms with van der Waals surface area (Å²) in [5.41, 5.74) is 2.25. The number of fused-ring (bicyclic) bond motifs is 1. The minimum atomic E-state index is -0.662. The number of hydrogen-bond acceptors (Lipinski definition) is 8. The SMILES string of the molecule is O=C(OCc1nc(-c2ccsc2)no1)c1ccc2c(c1)C(=O)N(Cc1ccccc1)C2=O. The molecule has 158 valence electrons. The Morgan fingerprint density at radius 2 is 1.84 bits per heavy atom. The van der Waals surface area contributed by atoms with Gasteiger partial charge in [0.15, 0.2) is 6.61 Å². The fourth-order valence-corrected chi connectivity index (χ4v) is 3.99. The van der Waals surface area contributed by atoms with Crippen LogP contribution in [0.4, 0.5) is 0 Å². The van der Waals surface area contributed by atoms with Crippen molar-refractivity contribution >= 4 is 29.1 Å². The highest BCUT2D eigenvalue weighted by Gasteiger charge is 2.36. The lowest BCUT2D eigenvalue weighted by atomic mass is 10.1. The van der Waals surface area contributed by atoms with Gasteiger partial charge in [0.1, 0.15) is 0 Å². The lowest BCUT2D eigenvalue weighted by Crippen LogP contribution is -2.29. The molecule has 4 aromatic rings. The van der Waals surface area contributed by atoms with E-state index in [9.17, 15) is 14.4 Å². The second-order valence-electron chi connectivity index (χ2n) is 7.04. The Kier molecular flexibility index (Phi) is 5.08. The van der Waals surface area contributed by atoms with Gasteiger partial charge < -0.3 is 9.26 Å². The average Bonchev–Trinajstić information content (AvgIpc) is 3.56. The van der Waals surface area contributed by atoms with Crippen LogP contribution in [0, 0.1) is 0 Å². The van der Waals surface area contributed by atoms with Crippen LogP contribution in [0.5, 0.6) is 0 Å². The summed E-state index contributed by atoms with van der Waals surface area (Å²) >= 11 is 1.51. The van der Waals surface area contributed by atoms with Gasteiger partial charge in [-0.1, -0.05) is 35.5 Å². The van der Waals surface area contributed by atoms with Crippen molar-refractivity contribution in [3.63, 3.8) is 0 Å². The zero-order chi connectivity index (χ0) is 22.1. The van der Waals surface area contributed by atoms with Crippen LogP contribution in [-0.2, 0) is 17.9 Å². The van der Waals surface area contributed by atoms with E-state index < -0.39 is 11.9 Å². The number of ether oxygens (including phenoxy) is 1. The summed E-state index contributed by atoms with van der Waals surface area (Å²) in [6.45, 7) is -0.0450. The summed E-state index contributed by atoms with van der Waals surface area (Å²) in [5, 5.41) is 7.63. The smallest absolute Gasteiger partial charge is 0.338 e. The van der Waals surface area contributed by atoms with Crippen LogP contribution in [0.25, 0.3) is 11.4 Å². The van der Waals surface area contributed by atoms with Gasteiger partial charge in [-0.2, -0.15) is 16.3 Å². The molecule has 0 radical (unpaired) electrons. The van der Waals surface area contributed by atoms with Crippen molar-refractivity contribution in [3.8, 4) is 11.4 Å². The number of carbonyl (C=O) groups is 3. The van der Waals surface area contributed by atoms with Crippen molar-refractivity contribution in [2.45, 2.75) is 13.2 Å². The van der Waals surface area contributed by atoms with Crippen molar-refractivity contribution in [1.82, 2.24) is 15.0 Å². The van der Waals surface area contributed by atoms with Crippen molar-refractivity contribution in [1.29, 1.82) is 0 Å². The molecule has 0 fully saturated rings. The van der Waals surface area contributed by atoms with E-state index in [0.717, 1.165) is 11.1 Å². The number of nitrogens with zero attached hydrogens (tertiary/aromatic N) is 3. The van der Waals surface area contributed by atoms with Crippen molar-refractivity contribution < 1.29 is 23.6 Å². The van der Waals surface area contributed by atoms with Crippen LogP contribution in [0.3, 0.4) is 0 Å². The molecule has 32 heavy (non-hydrogen) atoms. The first-order chi connectivity index (χ1) is 15.6. The highest BCUT2D eigenvalue weighted by molar-refractivity contribution is 7.08. The third-order valence-electron chi connectivity index (χ3n) is 4.96. The van der Waals surface area contributed by atoms with Crippen LogP contribution in [-0.4, -0.2) is 32.8 Å². The first-order valence-corrected chi connectivity index (χ1v) is 10.6. The molecule has 0 atom stereocenters. The van der Waals surface area contributed by atoms with Gasteiger partial charge in [-0.25, -0.2) is 4.79 Å². The van der Waals surface area contributed by atoms with Gasteiger partial charge in [0.2, 0.25) is 5.82 Å². The Morgan fingerprint density at radius 3 is 2.62 bits per heavy atom. The third kappa shape index (κ3) is 3.69. The zero-order valence-corrected chi connectivity index (χ0v) is 17.4. The first-order valence-electron chi connectivity index (χ1n) is 9.66. The third-order valence-corrected chi connectivity index (χ3v) is 5.65. The molecular formula is C23H15N3O5S. The normalized spacial score (nSPS) is 12.8. The first kappa shape index (κ1) is 19.8. The predicted octanol–water partition coefficient (Wildman–Crippen LogP) is 3.95. The highest BCUT2D eigenvalue weighted by atomic mass is 32.1. The Bertz CT molecular complexity index is 1310. The average molecular weight is 445 g/mol. The monoisotopic (exact) mass is 445 g/mol. The summed E-state index contributed by atoms with van der Waals surface area (Å²) < 4.78 is 10.4. The molecule has 0 N–H and O–H groups in total. The molecule has 0 unspecified atom stereocenters. The van der Waals surface area contributed by atoms with Gasteiger partial charge >= 0.3 is 5.97 Å². The van der Waals surface area contributed by atoms with E-state index in [2.05, 4.69) is 10.1 Å². The van der Waals surface area contributed by atoms with Crippen LogP contribution in [0.2, 0.25) is 0 Å². The minimum Gasteiger partial charge on any atom is -0.452 e. The van der Waals surface area contributed by atoms with Gasteiger partial charge in [0.25, 0.3) is 17.7 Å². The van der Waals surface area contributed by atoms with Gasteiger partial charge in [0, 0.05) is 10.9 Å². The minimum absolute atomic E-state index is 0.154. The number of benzene rings is 2. The lowest BCUT2D eigenvalue weighted by Gasteiger charge is -2.13. The molecule has 5 rings (SSSR count). The summed E-state index contributed by atoms with van der Waals surface area (Å²) in [5.74, 6) is -0.926. The maximum atomic E-state index is 12.8. The molecule has 0 spiro atoms. The molecule has 0 bridgehead atoms. The molecule has 2 aromatic carbocycles. The maximum absolute atomic E-state index is 12.8. The van der Waals surface area contributed by atoms with E-state index in [4.69, 9.17) is 9.26 Å². The molecular weight excluding hydrogens is 430 g/mol.